The summed E-state index contributed by atoms with van der Waals surface area (Å²) in [5, 5.41) is 14.9. The number of hydrogen-bond donors (Lipinski definition) is 3. The Bertz CT molecular complexity index is 443. The van der Waals surface area contributed by atoms with E-state index in [1.807, 2.05) is 30.3 Å². The Kier molecular flexibility index (Phi) is 4.52. The first-order valence-electron chi connectivity index (χ1n) is 6.42. The first-order valence-corrected chi connectivity index (χ1v) is 6.42. The van der Waals surface area contributed by atoms with E-state index in [1.54, 1.807) is 0 Å². The highest BCUT2D eigenvalue weighted by Crippen LogP contribution is 2.17. The van der Waals surface area contributed by atoms with E-state index in [0.29, 0.717) is 12.3 Å². The van der Waals surface area contributed by atoms with Gasteiger partial charge in [-0.15, -0.1) is 0 Å². The first kappa shape index (κ1) is 13.5. The third kappa shape index (κ3) is 4.06. The molecule has 0 radical (unpaired) electrons. The van der Waals surface area contributed by atoms with Gasteiger partial charge in [-0.3, -0.25) is 9.59 Å². The molecule has 102 valence electrons. The van der Waals surface area contributed by atoms with Gasteiger partial charge in [0.1, 0.15) is 0 Å². The van der Waals surface area contributed by atoms with Gasteiger partial charge in [0.25, 0.3) is 0 Å². The van der Waals surface area contributed by atoms with Crippen LogP contribution >= 0.6 is 0 Å². The minimum atomic E-state index is -0.917. The van der Waals surface area contributed by atoms with Crippen LogP contribution in [0.1, 0.15) is 24.4 Å². The number of amides is 1. The van der Waals surface area contributed by atoms with Crippen molar-refractivity contribution in [2.24, 2.45) is 5.92 Å². The highest BCUT2D eigenvalue weighted by Gasteiger charge is 2.23. The standard InChI is InChI=1S/C14H18N2O3/c17-13(6-10-8-15-9-10)16-12(7-14(18)19)11-4-2-1-3-5-11/h1-5,10,12,15H,6-9H2,(H,16,17)(H,18,19). The Labute approximate surface area is 112 Å². The lowest BCUT2D eigenvalue weighted by Gasteiger charge is -2.27. The fourth-order valence-corrected chi connectivity index (χ4v) is 2.12. The van der Waals surface area contributed by atoms with Gasteiger partial charge in [0.05, 0.1) is 12.5 Å². The number of carboxylic acid groups (broad SMARTS) is 1. The van der Waals surface area contributed by atoms with Gasteiger partial charge < -0.3 is 15.7 Å². The van der Waals surface area contributed by atoms with Gasteiger partial charge in [0.2, 0.25) is 5.91 Å². The number of carbonyl (C=O) groups is 2. The van der Waals surface area contributed by atoms with Gasteiger partial charge in [0, 0.05) is 6.42 Å². The number of aliphatic carboxylic acids is 1. The van der Waals surface area contributed by atoms with Crippen molar-refractivity contribution in [2.45, 2.75) is 18.9 Å². The highest BCUT2D eigenvalue weighted by molar-refractivity contribution is 5.78. The van der Waals surface area contributed by atoms with Crippen LogP contribution in [-0.4, -0.2) is 30.1 Å². The predicted molar refractivity (Wildman–Crippen MR) is 70.6 cm³/mol. The molecule has 0 aliphatic carbocycles. The van der Waals surface area contributed by atoms with Crippen molar-refractivity contribution in [3.05, 3.63) is 35.9 Å². The molecule has 1 unspecified atom stereocenters. The summed E-state index contributed by atoms with van der Waals surface area (Å²) in [6, 6.07) is 8.75. The van der Waals surface area contributed by atoms with Crippen molar-refractivity contribution in [1.82, 2.24) is 10.6 Å². The molecular formula is C14H18N2O3. The van der Waals surface area contributed by atoms with Crippen molar-refractivity contribution in [1.29, 1.82) is 0 Å². The molecule has 0 bridgehead atoms. The van der Waals surface area contributed by atoms with Crippen LogP contribution < -0.4 is 10.6 Å². The van der Waals surface area contributed by atoms with E-state index in [0.717, 1.165) is 18.7 Å². The van der Waals surface area contributed by atoms with Crippen LogP contribution in [0.15, 0.2) is 30.3 Å². The normalized spacial score (nSPS) is 16.4. The van der Waals surface area contributed by atoms with Gasteiger partial charge in [-0.05, 0) is 24.6 Å². The van der Waals surface area contributed by atoms with Crippen LogP contribution in [0.3, 0.4) is 0 Å². The average Bonchev–Trinajstić information content (AvgIpc) is 2.34. The number of hydrogen-bond acceptors (Lipinski definition) is 3. The number of benzene rings is 1. The molecule has 3 N–H and O–H groups in total. The van der Waals surface area contributed by atoms with Crippen LogP contribution in [0.5, 0.6) is 0 Å². The SMILES string of the molecule is O=C(O)CC(NC(=O)CC1CNC1)c1ccccc1. The third-order valence-corrected chi connectivity index (χ3v) is 3.26. The van der Waals surface area contributed by atoms with Crippen LogP contribution in [-0.2, 0) is 9.59 Å². The summed E-state index contributed by atoms with van der Waals surface area (Å²) in [5.41, 5.74) is 0.824. The fraction of sp³-hybridized carbons (Fsp3) is 0.429. The zero-order valence-corrected chi connectivity index (χ0v) is 10.6. The summed E-state index contributed by atoms with van der Waals surface area (Å²) in [5.74, 6) is -0.623. The van der Waals surface area contributed by atoms with Crippen LogP contribution in [0.4, 0.5) is 0 Å². The number of carbonyl (C=O) groups excluding carboxylic acids is 1. The third-order valence-electron chi connectivity index (χ3n) is 3.26. The molecule has 5 nitrogen and oxygen atoms in total. The summed E-state index contributed by atoms with van der Waals surface area (Å²) in [6.07, 6.45) is 0.356. The zero-order valence-electron chi connectivity index (χ0n) is 10.6. The Balaban J connectivity index is 1.97. The maximum Gasteiger partial charge on any atom is 0.305 e. The molecule has 1 fully saturated rings. The van der Waals surface area contributed by atoms with Crippen LogP contribution in [0.25, 0.3) is 0 Å². The monoisotopic (exact) mass is 262 g/mol. The summed E-state index contributed by atoms with van der Waals surface area (Å²) < 4.78 is 0. The Morgan fingerprint density at radius 2 is 2.00 bits per heavy atom. The Morgan fingerprint density at radius 1 is 1.32 bits per heavy atom. The quantitative estimate of drug-likeness (QED) is 0.712. The molecule has 1 atom stereocenters. The zero-order chi connectivity index (χ0) is 13.7. The van der Waals surface area contributed by atoms with E-state index in [1.165, 1.54) is 0 Å². The molecule has 1 saturated heterocycles. The summed E-state index contributed by atoms with van der Waals surface area (Å²) >= 11 is 0. The summed E-state index contributed by atoms with van der Waals surface area (Å²) in [4.78, 5) is 22.8. The molecule has 5 heteroatoms. The lowest BCUT2D eigenvalue weighted by Crippen LogP contribution is -2.45. The second-order valence-corrected chi connectivity index (χ2v) is 4.86. The van der Waals surface area contributed by atoms with Crippen molar-refractivity contribution < 1.29 is 14.7 Å². The molecule has 1 heterocycles. The van der Waals surface area contributed by atoms with Crippen molar-refractivity contribution in [3.8, 4) is 0 Å². The smallest absolute Gasteiger partial charge is 0.305 e. The molecule has 0 aromatic heterocycles. The predicted octanol–water partition coefficient (Wildman–Crippen LogP) is 0.928. The maximum atomic E-state index is 11.9. The van der Waals surface area contributed by atoms with E-state index in [4.69, 9.17) is 5.11 Å². The number of carboxylic acids is 1. The largest absolute Gasteiger partial charge is 0.481 e. The fourth-order valence-electron chi connectivity index (χ4n) is 2.12. The van der Waals surface area contributed by atoms with E-state index in [2.05, 4.69) is 10.6 Å². The van der Waals surface area contributed by atoms with Crippen molar-refractivity contribution >= 4 is 11.9 Å². The van der Waals surface area contributed by atoms with E-state index < -0.39 is 12.0 Å². The maximum absolute atomic E-state index is 11.9. The minimum absolute atomic E-state index is 0.0818. The first-order chi connectivity index (χ1) is 9.15. The van der Waals surface area contributed by atoms with E-state index >= 15 is 0 Å². The molecule has 1 aliphatic rings. The van der Waals surface area contributed by atoms with Crippen molar-refractivity contribution in [2.75, 3.05) is 13.1 Å². The van der Waals surface area contributed by atoms with E-state index in [-0.39, 0.29) is 12.3 Å². The molecule has 0 saturated carbocycles. The molecule has 19 heavy (non-hydrogen) atoms. The molecule has 1 aromatic rings. The molecule has 2 rings (SSSR count). The van der Waals surface area contributed by atoms with E-state index in [9.17, 15) is 9.59 Å². The van der Waals surface area contributed by atoms with Crippen LogP contribution in [0, 0.1) is 5.92 Å². The average molecular weight is 262 g/mol. The minimum Gasteiger partial charge on any atom is -0.481 e. The number of nitrogens with one attached hydrogen (secondary N) is 2. The molecule has 0 spiro atoms. The van der Waals surface area contributed by atoms with Gasteiger partial charge in [-0.1, -0.05) is 30.3 Å². The molecule has 1 aromatic carbocycles. The topological polar surface area (TPSA) is 78.4 Å². The Morgan fingerprint density at radius 3 is 2.53 bits per heavy atom. The Hall–Kier alpha value is -1.88. The molecule has 1 amide bonds. The van der Waals surface area contributed by atoms with Gasteiger partial charge in [-0.2, -0.15) is 0 Å². The van der Waals surface area contributed by atoms with Crippen molar-refractivity contribution in [3.63, 3.8) is 0 Å². The van der Waals surface area contributed by atoms with Gasteiger partial charge >= 0.3 is 5.97 Å². The molecule has 1 aliphatic heterocycles. The summed E-state index contributed by atoms with van der Waals surface area (Å²) in [6.45, 7) is 1.73. The summed E-state index contributed by atoms with van der Waals surface area (Å²) in [7, 11) is 0. The lowest BCUT2D eigenvalue weighted by atomic mass is 9.98. The number of rotatable bonds is 6. The lowest BCUT2D eigenvalue weighted by molar-refractivity contribution is -0.137. The van der Waals surface area contributed by atoms with Crippen LogP contribution in [0.2, 0.25) is 0 Å². The second kappa shape index (κ2) is 6.33. The highest BCUT2D eigenvalue weighted by atomic mass is 16.4. The molecular weight excluding hydrogens is 244 g/mol. The second-order valence-electron chi connectivity index (χ2n) is 4.86. The van der Waals surface area contributed by atoms with Gasteiger partial charge in [0.15, 0.2) is 0 Å². The van der Waals surface area contributed by atoms with Gasteiger partial charge in [-0.25, -0.2) is 0 Å².